The molecule has 5 nitrogen and oxygen atoms in total. The van der Waals surface area contributed by atoms with E-state index in [2.05, 4.69) is 58.3 Å². The third-order valence-electron chi connectivity index (χ3n) is 4.49. The van der Waals surface area contributed by atoms with Gasteiger partial charge in [0.1, 0.15) is 0 Å². The molecule has 1 heterocycles. The van der Waals surface area contributed by atoms with Gasteiger partial charge in [-0.25, -0.2) is 0 Å². The number of unbranched alkanes of at least 4 members (excludes halogenated alkanes) is 1. The average molecular weight is 485 g/mol. The average Bonchev–Trinajstić information content (AvgIpc) is 2.68. The number of rotatable bonds is 7. The summed E-state index contributed by atoms with van der Waals surface area (Å²) >= 11 is 0. The Bertz CT molecular complexity index is 607. The number of hydrogen-bond acceptors (Lipinski definition) is 3. The van der Waals surface area contributed by atoms with Crippen LogP contribution in [-0.2, 0) is 9.53 Å². The molecule has 0 bridgehead atoms. The number of hydrogen-bond donors (Lipinski definition) is 1. The minimum absolute atomic E-state index is 0. The van der Waals surface area contributed by atoms with Gasteiger partial charge in [-0.1, -0.05) is 42.0 Å². The topological polar surface area (TPSA) is 53.9 Å². The van der Waals surface area contributed by atoms with E-state index in [0.29, 0.717) is 6.42 Å². The number of carbonyl (C=O) groups is 1. The Morgan fingerprint density at radius 2 is 1.93 bits per heavy atom. The minimum Gasteiger partial charge on any atom is -0.469 e. The number of carbonyl (C=O) groups excluding carboxylic acids is 1. The number of methoxy groups -OCH3 is 1. The zero-order valence-corrected chi connectivity index (χ0v) is 18.8. The van der Waals surface area contributed by atoms with Crippen molar-refractivity contribution >= 4 is 42.0 Å². The van der Waals surface area contributed by atoms with E-state index >= 15 is 0 Å². The molecule has 1 N–H and O–H groups in total. The summed E-state index contributed by atoms with van der Waals surface area (Å²) in [6, 6.07) is 10.5. The van der Waals surface area contributed by atoms with Crippen molar-refractivity contribution in [1.29, 1.82) is 0 Å². The molecule has 0 aliphatic carbocycles. The van der Waals surface area contributed by atoms with Crippen LogP contribution in [0.1, 0.15) is 44.6 Å². The lowest BCUT2D eigenvalue weighted by molar-refractivity contribution is -0.140. The predicted molar refractivity (Wildman–Crippen MR) is 122 cm³/mol. The lowest BCUT2D eigenvalue weighted by Crippen LogP contribution is -2.44. The van der Waals surface area contributed by atoms with Crippen LogP contribution in [-0.4, -0.2) is 50.1 Å². The van der Waals surface area contributed by atoms with E-state index in [1.165, 1.54) is 18.2 Å². The maximum absolute atomic E-state index is 11.1. The molecule has 1 fully saturated rings. The van der Waals surface area contributed by atoms with E-state index in [-0.39, 0.29) is 29.9 Å². The van der Waals surface area contributed by atoms with Gasteiger partial charge in [0.05, 0.1) is 7.11 Å². The second kappa shape index (κ2) is 13.6. The fourth-order valence-electron chi connectivity index (χ4n) is 3.03. The van der Waals surface area contributed by atoms with Gasteiger partial charge in [0.2, 0.25) is 0 Å². The summed E-state index contributed by atoms with van der Waals surface area (Å²) in [6.07, 6.45) is 6.65. The Hall–Kier alpha value is -1.57. The number of piperidine rings is 1. The van der Waals surface area contributed by atoms with E-state index < -0.39 is 0 Å². The first kappa shape index (κ1) is 23.5. The maximum Gasteiger partial charge on any atom is 0.305 e. The molecule has 150 valence electrons. The Labute approximate surface area is 180 Å². The number of aliphatic imine (C=N–C) groups is 1. The Morgan fingerprint density at radius 1 is 1.22 bits per heavy atom. The molecule has 2 rings (SSSR count). The fourth-order valence-corrected chi connectivity index (χ4v) is 3.03. The van der Waals surface area contributed by atoms with Crippen molar-refractivity contribution in [2.45, 2.75) is 39.0 Å². The first-order chi connectivity index (χ1) is 12.7. The minimum atomic E-state index is -0.144. The van der Waals surface area contributed by atoms with Crippen LogP contribution < -0.4 is 5.32 Å². The van der Waals surface area contributed by atoms with Crippen molar-refractivity contribution in [1.82, 2.24) is 10.2 Å². The van der Waals surface area contributed by atoms with Crippen LogP contribution in [0.2, 0.25) is 0 Å². The monoisotopic (exact) mass is 485 g/mol. The molecule has 1 aliphatic heterocycles. The van der Waals surface area contributed by atoms with Crippen LogP contribution in [0.4, 0.5) is 0 Å². The Balaban J connectivity index is 0.00000364. The van der Waals surface area contributed by atoms with Crippen molar-refractivity contribution in [3.8, 4) is 0 Å². The number of guanidine groups is 1. The van der Waals surface area contributed by atoms with Gasteiger partial charge in [0.15, 0.2) is 5.96 Å². The fraction of sp³-hybridized carbons (Fsp3) is 0.524. The molecule has 0 atom stereocenters. The number of nitrogens with one attached hydrogen (secondary N) is 1. The summed E-state index contributed by atoms with van der Waals surface area (Å²) in [7, 11) is 1.43. The van der Waals surface area contributed by atoms with E-state index in [1.807, 2.05) is 0 Å². The first-order valence-corrected chi connectivity index (χ1v) is 9.57. The normalized spacial score (nSPS) is 14.4. The van der Waals surface area contributed by atoms with Crippen molar-refractivity contribution in [3.63, 3.8) is 0 Å². The van der Waals surface area contributed by atoms with Crippen molar-refractivity contribution in [3.05, 3.63) is 41.5 Å². The smallest absolute Gasteiger partial charge is 0.305 e. The van der Waals surface area contributed by atoms with Crippen LogP contribution in [0, 0.1) is 0 Å². The highest BCUT2D eigenvalue weighted by atomic mass is 127. The van der Waals surface area contributed by atoms with Gasteiger partial charge in [-0.15, -0.1) is 24.0 Å². The van der Waals surface area contributed by atoms with Gasteiger partial charge in [0, 0.05) is 32.6 Å². The van der Waals surface area contributed by atoms with Gasteiger partial charge >= 0.3 is 5.97 Å². The lowest BCUT2D eigenvalue weighted by atomic mass is 10.0. The molecule has 0 amide bonds. The maximum atomic E-state index is 11.1. The number of likely N-dealkylation sites (tertiary alicyclic amines) is 1. The zero-order valence-electron chi connectivity index (χ0n) is 16.4. The van der Waals surface area contributed by atoms with Crippen LogP contribution >= 0.6 is 24.0 Å². The summed E-state index contributed by atoms with van der Waals surface area (Å²) in [4.78, 5) is 18.2. The third kappa shape index (κ3) is 8.77. The van der Waals surface area contributed by atoms with Crippen molar-refractivity contribution in [2.24, 2.45) is 4.99 Å². The molecule has 0 radical (unpaired) electrons. The quantitative estimate of drug-likeness (QED) is 0.208. The molecule has 0 spiro atoms. The second-order valence-electron chi connectivity index (χ2n) is 6.47. The summed E-state index contributed by atoms with van der Waals surface area (Å²) in [5, 5.41) is 3.39. The SMILES string of the molecule is CCNC(=NCCCCC(=O)OC)N1CCC(=Cc2ccccc2)CC1.I. The number of esters is 1. The van der Waals surface area contributed by atoms with Crippen LogP contribution in [0.15, 0.2) is 40.9 Å². The first-order valence-electron chi connectivity index (χ1n) is 9.57. The molecule has 0 unspecified atom stereocenters. The second-order valence-corrected chi connectivity index (χ2v) is 6.47. The van der Waals surface area contributed by atoms with Crippen molar-refractivity contribution in [2.75, 3.05) is 33.3 Å². The largest absolute Gasteiger partial charge is 0.469 e. The molecule has 1 saturated heterocycles. The summed E-state index contributed by atoms with van der Waals surface area (Å²) in [6.45, 7) is 5.68. The molecule has 1 aromatic rings. The molecular weight excluding hydrogens is 453 g/mol. The molecule has 27 heavy (non-hydrogen) atoms. The number of halogens is 1. The lowest BCUT2D eigenvalue weighted by Gasteiger charge is -2.31. The van der Waals surface area contributed by atoms with E-state index in [4.69, 9.17) is 4.99 Å². The van der Waals surface area contributed by atoms with Gasteiger partial charge in [0.25, 0.3) is 0 Å². The Morgan fingerprint density at radius 3 is 2.56 bits per heavy atom. The highest BCUT2D eigenvalue weighted by Gasteiger charge is 2.17. The van der Waals surface area contributed by atoms with Gasteiger partial charge in [-0.2, -0.15) is 0 Å². The molecule has 1 aliphatic rings. The van der Waals surface area contributed by atoms with Crippen LogP contribution in [0.3, 0.4) is 0 Å². The number of ether oxygens (including phenoxy) is 1. The van der Waals surface area contributed by atoms with E-state index in [1.54, 1.807) is 0 Å². The van der Waals surface area contributed by atoms with E-state index in [9.17, 15) is 4.79 Å². The molecule has 0 aromatic heterocycles. The Kier molecular flexibility index (Phi) is 11.8. The van der Waals surface area contributed by atoms with E-state index in [0.717, 1.165) is 57.8 Å². The summed E-state index contributed by atoms with van der Waals surface area (Å²) < 4.78 is 4.66. The highest BCUT2D eigenvalue weighted by molar-refractivity contribution is 14.0. The zero-order chi connectivity index (χ0) is 18.6. The molecule has 1 aromatic carbocycles. The summed E-state index contributed by atoms with van der Waals surface area (Å²) in [5.41, 5.74) is 2.78. The van der Waals surface area contributed by atoms with Gasteiger partial charge in [-0.05, 0) is 38.2 Å². The standard InChI is InChI=1S/C21H31N3O2.HI/c1-3-22-21(23-14-8-7-11-20(25)26-2)24-15-12-19(13-16-24)17-18-9-5-4-6-10-18;/h4-6,9-10,17H,3,7-8,11-16H2,1-2H3,(H,22,23);1H. The predicted octanol–water partition coefficient (Wildman–Crippen LogP) is 4.09. The van der Waals surface area contributed by atoms with Crippen molar-refractivity contribution < 1.29 is 9.53 Å². The number of nitrogens with zero attached hydrogens (tertiary/aromatic N) is 2. The van der Waals surface area contributed by atoms with Gasteiger partial charge in [-0.3, -0.25) is 9.79 Å². The van der Waals surface area contributed by atoms with Crippen LogP contribution in [0.5, 0.6) is 0 Å². The highest BCUT2D eigenvalue weighted by Crippen LogP contribution is 2.19. The van der Waals surface area contributed by atoms with Gasteiger partial charge < -0.3 is 15.0 Å². The molecular formula is C21H32IN3O2. The third-order valence-corrected chi connectivity index (χ3v) is 4.49. The summed E-state index contributed by atoms with van der Waals surface area (Å²) in [5.74, 6) is 0.846. The number of benzene rings is 1. The molecule has 0 saturated carbocycles. The van der Waals surface area contributed by atoms with Crippen LogP contribution in [0.25, 0.3) is 6.08 Å². The molecule has 6 heteroatoms.